The van der Waals surface area contributed by atoms with Crippen LogP contribution in [-0.2, 0) is 4.79 Å². The number of rotatable bonds is 2. The molecule has 2 heterocycles. The molecule has 0 unspecified atom stereocenters. The van der Waals surface area contributed by atoms with E-state index in [2.05, 4.69) is 20.6 Å². The molecule has 0 atom stereocenters. The van der Waals surface area contributed by atoms with Gasteiger partial charge in [-0.3, -0.25) is 10.1 Å². The molecule has 1 aliphatic rings. The monoisotopic (exact) mass is 202 g/mol. The van der Waals surface area contributed by atoms with Crippen LogP contribution in [0.1, 0.15) is 0 Å². The number of hydrogen-bond donors (Lipinski definition) is 3. The summed E-state index contributed by atoms with van der Waals surface area (Å²) < 4.78 is 0. The maximum atomic E-state index is 11.3. The number of nitrogens with zero attached hydrogens (tertiary/aromatic N) is 1. The van der Waals surface area contributed by atoms with Gasteiger partial charge in [0.1, 0.15) is 0 Å². The van der Waals surface area contributed by atoms with Gasteiger partial charge in [0.15, 0.2) is 0 Å². The standard InChI is InChI=1S/C7H10N4O.ClH/c12-6(5-3-8-4-5)11-7-9-1-2-10-7;/h1-2,5,8H,3-4H2,(H2,9,10,11,12);1H. The SMILES string of the molecule is Cl.O=C(Nc1ncc[nH]1)C1CNC1. The molecular formula is C7H11ClN4O. The number of amides is 1. The number of anilines is 1. The number of aromatic nitrogens is 2. The highest BCUT2D eigenvalue weighted by molar-refractivity contribution is 5.91. The molecule has 0 aromatic carbocycles. The zero-order chi connectivity index (χ0) is 8.39. The van der Waals surface area contributed by atoms with Gasteiger partial charge in [-0.25, -0.2) is 4.98 Å². The van der Waals surface area contributed by atoms with E-state index < -0.39 is 0 Å². The van der Waals surface area contributed by atoms with Gasteiger partial charge in [0.05, 0.1) is 5.92 Å². The molecule has 1 aromatic rings. The van der Waals surface area contributed by atoms with E-state index in [-0.39, 0.29) is 24.2 Å². The van der Waals surface area contributed by atoms with Crippen LogP contribution in [0.3, 0.4) is 0 Å². The molecule has 2 rings (SSSR count). The van der Waals surface area contributed by atoms with Gasteiger partial charge in [-0.05, 0) is 0 Å². The summed E-state index contributed by atoms with van der Waals surface area (Å²) in [6.07, 6.45) is 3.28. The highest BCUT2D eigenvalue weighted by atomic mass is 35.5. The average Bonchev–Trinajstić information content (AvgIpc) is 2.34. The van der Waals surface area contributed by atoms with E-state index in [0.29, 0.717) is 5.95 Å². The Morgan fingerprint density at radius 2 is 2.38 bits per heavy atom. The van der Waals surface area contributed by atoms with Gasteiger partial charge >= 0.3 is 0 Å². The molecule has 6 heteroatoms. The summed E-state index contributed by atoms with van der Waals surface area (Å²) >= 11 is 0. The third-order valence-corrected chi connectivity index (χ3v) is 1.89. The fourth-order valence-corrected chi connectivity index (χ4v) is 1.03. The van der Waals surface area contributed by atoms with E-state index in [1.54, 1.807) is 12.4 Å². The van der Waals surface area contributed by atoms with Gasteiger partial charge in [0, 0.05) is 25.5 Å². The summed E-state index contributed by atoms with van der Waals surface area (Å²) in [6.45, 7) is 1.54. The van der Waals surface area contributed by atoms with Gasteiger partial charge in [-0.2, -0.15) is 0 Å². The van der Waals surface area contributed by atoms with Crippen LogP contribution in [0.2, 0.25) is 0 Å². The Hall–Kier alpha value is -1.07. The Kier molecular flexibility index (Phi) is 3.27. The Morgan fingerprint density at radius 3 is 2.85 bits per heavy atom. The molecule has 0 bridgehead atoms. The van der Waals surface area contributed by atoms with Gasteiger partial charge in [-0.15, -0.1) is 12.4 Å². The summed E-state index contributed by atoms with van der Waals surface area (Å²) in [5.41, 5.74) is 0. The van der Waals surface area contributed by atoms with Crippen LogP contribution >= 0.6 is 12.4 Å². The second-order valence-corrected chi connectivity index (χ2v) is 2.78. The fraction of sp³-hybridized carbons (Fsp3) is 0.429. The number of nitrogens with one attached hydrogen (secondary N) is 3. The summed E-state index contributed by atoms with van der Waals surface area (Å²) in [5.74, 6) is 0.658. The number of hydrogen-bond acceptors (Lipinski definition) is 3. The molecular weight excluding hydrogens is 192 g/mol. The minimum Gasteiger partial charge on any atom is -0.331 e. The van der Waals surface area contributed by atoms with Crippen molar-refractivity contribution in [1.29, 1.82) is 0 Å². The maximum Gasteiger partial charge on any atom is 0.232 e. The number of halogens is 1. The van der Waals surface area contributed by atoms with E-state index in [9.17, 15) is 4.79 Å². The summed E-state index contributed by atoms with van der Waals surface area (Å²) in [5, 5.41) is 5.71. The normalized spacial score (nSPS) is 15.7. The third-order valence-electron chi connectivity index (χ3n) is 1.89. The first-order valence-electron chi connectivity index (χ1n) is 3.87. The number of carbonyl (C=O) groups excluding carboxylic acids is 1. The summed E-state index contributed by atoms with van der Waals surface area (Å²) in [6, 6.07) is 0. The second-order valence-electron chi connectivity index (χ2n) is 2.78. The Bertz CT molecular complexity index is 270. The van der Waals surface area contributed by atoms with E-state index >= 15 is 0 Å². The minimum atomic E-state index is 0. The van der Waals surface area contributed by atoms with Crippen molar-refractivity contribution in [2.75, 3.05) is 18.4 Å². The maximum absolute atomic E-state index is 11.3. The van der Waals surface area contributed by atoms with Gasteiger partial charge < -0.3 is 10.3 Å². The van der Waals surface area contributed by atoms with Crippen LogP contribution in [-0.4, -0.2) is 29.0 Å². The van der Waals surface area contributed by atoms with Crippen LogP contribution in [0.4, 0.5) is 5.95 Å². The van der Waals surface area contributed by atoms with E-state index in [1.165, 1.54) is 0 Å². The first-order chi connectivity index (χ1) is 5.86. The highest BCUT2D eigenvalue weighted by Gasteiger charge is 2.24. The van der Waals surface area contributed by atoms with Crippen molar-refractivity contribution < 1.29 is 4.79 Å². The van der Waals surface area contributed by atoms with Crippen molar-refractivity contribution in [1.82, 2.24) is 15.3 Å². The van der Waals surface area contributed by atoms with Crippen LogP contribution in [0.5, 0.6) is 0 Å². The Balaban J connectivity index is 0.000000845. The van der Waals surface area contributed by atoms with Crippen molar-refractivity contribution in [2.24, 2.45) is 5.92 Å². The Labute approximate surface area is 81.7 Å². The lowest BCUT2D eigenvalue weighted by Gasteiger charge is -2.25. The molecule has 5 nitrogen and oxygen atoms in total. The zero-order valence-electron chi connectivity index (χ0n) is 6.91. The van der Waals surface area contributed by atoms with Crippen molar-refractivity contribution >= 4 is 24.3 Å². The van der Waals surface area contributed by atoms with Crippen molar-refractivity contribution in [3.63, 3.8) is 0 Å². The fourth-order valence-electron chi connectivity index (χ4n) is 1.03. The van der Waals surface area contributed by atoms with Crippen molar-refractivity contribution in [2.45, 2.75) is 0 Å². The third kappa shape index (κ3) is 2.19. The molecule has 0 radical (unpaired) electrons. The first kappa shape index (κ1) is 10.0. The van der Waals surface area contributed by atoms with E-state index in [1.807, 2.05) is 0 Å². The van der Waals surface area contributed by atoms with Gasteiger partial charge in [0.2, 0.25) is 11.9 Å². The highest BCUT2D eigenvalue weighted by Crippen LogP contribution is 2.05. The smallest absolute Gasteiger partial charge is 0.232 e. The molecule has 72 valence electrons. The number of carbonyl (C=O) groups is 1. The minimum absolute atomic E-state index is 0. The molecule has 1 aromatic heterocycles. The predicted molar refractivity (Wildman–Crippen MR) is 50.8 cm³/mol. The lowest BCUT2D eigenvalue weighted by molar-refractivity contribution is -0.121. The molecule has 1 amide bonds. The quantitative estimate of drug-likeness (QED) is 0.632. The molecule has 1 aliphatic heterocycles. The number of aromatic amines is 1. The Morgan fingerprint density at radius 1 is 1.62 bits per heavy atom. The molecule has 13 heavy (non-hydrogen) atoms. The molecule has 0 aliphatic carbocycles. The molecule has 0 spiro atoms. The second kappa shape index (κ2) is 4.25. The first-order valence-corrected chi connectivity index (χ1v) is 3.87. The number of H-pyrrole nitrogens is 1. The zero-order valence-corrected chi connectivity index (χ0v) is 7.73. The van der Waals surface area contributed by atoms with Crippen LogP contribution in [0.15, 0.2) is 12.4 Å². The van der Waals surface area contributed by atoms with Gasteiger partial charge in [-0.1, -0.05) is 0 Å². The molecule has 1 saturated heterocycles. The lowest BCUT2D eigenvalue weighted by atomic mass is 10.0. The summed E-state index contributed by atoms with van der Waals surface area (Å²) in [4.78, 5) is 18.0. The largest absolute Gasteiger partial charge is 0.331 e. The van der Waals surface area contributed by atoms with E-state index in [4.69, 9.17) is 0 Å². The van der Waals surface area contributed by atoms with Crippen LogP contribution in [0, 0.1) is 5.92 Å². The molecule has 0 saturated carbocycles. The molecule has 3 N–H and O–H groups in total. The van der Waals surface area contributed by atoms with Gasteiger partial charge in [0.25, 0.3) is 0 Å². The summed E-state index contributed by atoms with van der Waals surface area (Å²) in [7, 11) is 0. The van der Waals surface area contributed by atoms with E-state index in [0.717, 1.165) is 13.1 Å². The number of imidazole rings is 1. The van der Waals surface area contributed by atoms with Crippen LogP contribution < -0.4 is 10.6 Å². The topological polar surface area (TPSA) is 69.8 Å². The average molecular weight is 203 g/mol. The predicted octanol–water partition coefficient (Wildman–Crippen LogP) is -0.0106. The lowest BCUT2D eigenvalue weighted by Crippen LogP contribution is -2.48. The molecule has 1 fully saturated rings. The van der Waals surface area contributed by atoms with Crippen molar-refractivity contribution in [3.05, 3.63) is 12.4 Å². The van der Waals surface area contributed by atoms with Crippen LogP contribution in [0.25, 0.3) is 0 Å². The van der Waals surface area contributed by atoms with Crippen molar-refractivity contribution in [3.8, 4) is 0 Å².